The minimum atomic E-state index is -0.417. The van der Waals surface area contributed by atoms with Crippen LogP contribution in [0.5, 0.6) is 0 Å². The SMILES string of the molecule is NC(=N/C(=C\[I-]c1ccccc1)c1ccccc1)n1c2ccccc2c2ccc3c4ccccc4n(-c4ccccc4)c3c21. The van der Waals surface area contributed by atoms with Gasteiger partial charge in [-0.1, -0.05) is 0 Å². The molecule has 2 aromatic heterocycles. The number of hydrogen-bond donors (Lipinski definition) is 1. The summed E-state index contributed by atoms with van der Waals surface area (Å²) in [4.78, 5) is 5.20. The van der Waals surface area contributed by atoms with E-state index in [4.69, 9.17) is 10.7 Å². The Labute approximate surface area is 265 Å². The molecule has 5 heteroatoms. The van der Waals surface area contributed by atoms with Gasteiger partial charge in [0.15, 0.2) is 0 Å². The topological polar surface area (TPSA) is 48.2 Å². The maximum absolute atomic E-state index is 7.13. The second-order valence-corrected chi connectivity index (χ2v) is 13.1. The number of nitrogens with two attached hydrogens (primary N) is 1. The van der Waals surface area contributed by atoms with Crippen LogP contribution >= 0.6 is 0 Å². The van der Waals surface area contributed by atoms with Gasteiger partial charge in [-0.25, -0.2) is 0 Å². The summed E-state index contributed by atoms with van der Waals surface area (Å²) in [5.41, 5.74) is 14.5. The summed E-state index contributed by atoms with van der Waals surface area (Å²) in [5.74, 6) is 0.445. The number of halogens is 1. The van der Waals surface area contributed by atoms with Gasteiger partial charge in [-0.3, -0.25) is 0 Å². The first-order valence-electron chi connectivity index (χ1n) is 14.6. The Morgan fingerprint density at radius 3 is 1.80 bits per heavy atom. The van der Waals surface area contributed by atoms with E-state index in [-0.39, 0.29) is 0 Å². The van der Waals surface area contributed by atoms with Crippen LogP contribution in [-0.4, -0.2) is 15.1 Å². The van der Waals surface area contributed by atoms with Crippen molar-refractivity contribution in [1.82, 2.24) is 9.13 Å². The molecular weight excluding hydrogens is 651 g/mol. The zero-order chi connectivity index (χ0) is 29.5. The molecule has 8 rings (SSSR count). The van der Waals surface area contributed by atoms with E-state index in [1.165, 1.54) is 14.3 Å². The zero-order valence-electron chi connectivity index (χ0n) is 23.8. The average Bonchev–Trinajstić information content (AvgIpc) is 3.61. The fourth-order valence-corrected chi connectivity index (χ4v) is 8.10. The molecule has 2 N–H and O–H groups in total. The van der Waals surface area contributed by atoms with E-state index in [9.17, 15) is 0 Å². The van der Waals surface area contributed by atoms with Crippen LogP contribution in [0.15, 0.2) is 161 Å². The fourth-order valence-electron chi connectivity index (χ4n) is 6.12. The summed E-state index contributed by atoms with van der Waals surface area (Å²) < 4.78 is 8.13. The monoisotopic (exact) mass is 679 g/mol. The average molecular weight is 680 g/mol. The molecule has 0 aliphatic carbocycles. The minimum absolute atomic E-state index is 0.417. The summed E-state index contributed by atoms with van der Waals surface area (Å²) in [7, 11) is 0. The van der Waals surface area contributed by atoms with E-state index in [0.29, 0.717) is 5.96 Å². The van der Waals surface area contributed by atoms with Crippen molar-refractivity contribution in [2.45, 2.75) is 0 Å². The second kappa shape index (κ2) is 11.2. The molecule has 0 saturated heterocycles. The van der Waals surface area contributed by atoms with Crippen molar-refractivity contribution >= 4 is 55.3 Å². The third-order valence-corrected chi connectivity index (χ3v) is 10.4. The van der Waals surface area contributed by atoms with Gasteiger partial charge in [-0.2, -0.15) is 0 Å². The molecule has 6 aromatic carbocycles. The Morgan fingerprint density at radius 2 is 1.09 bits per heavy atom. The van der Waals surface area contributed by atoms with Crippen LogP contribution in [0, 0.1) is 3.57 Å². The van der Waals surface area contributed by atoms with E-state index in [1.807, 2.05) is 6.07 Å². The summed E-state index contributed by atoms with van der Waals surface area (Å²) in [6.45, 7) is 0. The molecule has 0 saturated carbocycles. The summed E-state index contributed by atoms with van der Waals surface area (Å²) in [6, 6.07) is 53.1. The molecule has 0 fully saturated rings. The number of rotatable bonds is 5. The third-order valence-electron chi connectivity index (χ3n) is 8.03. The van der Waals surface area contributed by atoms with Crippen molar-refractivity contribution < 1.29 is 21.2 Å². The van der Waals surface area contributed by atoms with Crippen molar-refractivity contribution in [3.05, 3.63) is 165 Å². The van der Waals surface area contributed by atoms with Gasteiger partial charge in [0.2, 0.25) is 0 Å². The molecule has 4 nitrogen and oxygen atoms in total. The van der Waals surface area contributed by atoms with Crippen molar-refractivity contribution in [3.8, 4) is 5.69 Å². The molecule has 212 valence electrons. The summed E-state index contributed by atoms with van der Waals surface area (Å²) >= 11 is -0.417. The quantitative estimate of drug-likeness (QED) is 0.135. The van der Waals surface area contributed by atoms with E-state index in [2.05, 4.69) is 159 Å². The van der Waals surface area contributed by atoms with E-state index in [1.54, 1.807) is 0 Å². The maximum atomic E-state index is 7.13. The van der Waals surface area contributed by atoms with Gasteiger partial charge in [-0.05, 0) is 0 Å². The van der Waals surface area contributed by atoms with Gasteiger partial charge in [-0.15, -0.1) is 0 Å². The standard InChI is InChI=1S/C39H28IN4/c41-39(42-34(27-14-4-1-5-15-27)26-40-28-16-6-2-7-17-28)44-36-23-13-11-21-31(36)33-25-24-32-30-20-10-12-22-35(30)43(37(32)38(33)44)29-18-8-3-9-19-29/h1-26H,(H2,41,42)/q-1/b34-26-. The van der Waals surface area contributed by atoms with Crippen molar-refractivity contribution in [3.63, 3.8) is 0 Å². The Balaban J connectivity index is 1.45. The van der Waals surface area contributed by atoms with Gasteiger partial charge < -0.3 is 0 Å². The first kappa shape index (κ1) is 26.5. The molecule has 2 heterocycles. The van der Waals surface area contributed by atoms with Gasteiger partial charge in [0.05, 0.1) is 0 Å². The first-order valence-corrected chi connectivity index (χ1v) is 16.9. The molecule has 0 amide bonds. The van der Waals surface area contributed by atoms with Crippen LogP contribution in [0.25, 0.3) is 55.0 Å². The Kier molecular flexibility index (Phi) is 6.72. The molecule has 8 aromatic rings. The number of nitrogens with zero attached hydrogens (tertiary/aromatic N) is 3. The Bertz CT molecular complexity index is 2350. The number of para-hydroxylation sites is 3. The van der Waals surface area contributed by atoms with Crippen molar-refractivity contribution in [1.29, 1.82) is 0 Å². The molecule has 0 aliphatic rings. The van der Waals surface area contributed by atoms with Gasteiger partial charge in [0.1, 0.15) is 0 Å². The second-order valence-electron chi connectivity index (χ2n) is 10.6. The van der Waals surface area contributed by atoms with Crippen LogP contribution in [0.1, 0.15) is 5.56 Å². The number of hydrogen-bond acceptors (Lipinski definition) is 1. The predicted octanol–water partition coefficient (Wildman–Crippen LogP) is 6.01. The summed E-state index contributed by atoms with van der Waals surface area (Å²) in [5, 5.41) is 4.68. The number of aromatic nitrogens is 2. The fraction of sp³-hybridized carbons (Fsp3) is 0. The van der Waals surface area contributed by atoms with Gasteiger partial charge in [0, 0.05) is 0 Å². The Morgan fingerprint density at radius 1 is 0.545 bits per heavy atom. The molecule has 0 radical (unpaired) electrons. The van der Waals surface area contributed by atoms with E-state index >= 15 is 0 Å². The molecule has 0 aliphatic heterocycles. The Hall–Kier alpha value is -5.14. The van der Waals surface area contributed by atoms with Crippen LogP contribution in [0.3, 0.4) is 0 Å². The molecule has 0 spiro atoms. The summed E-state index contributed by atoms with van der Waals surface area (Å²) in [6.07, 6.45) is 0. The first-order chi connectivity index (χ1) is 21.8. The molecule has 0 atom stereocenters. The zero-order valence-corrected chi connectivity index (χ0v) is 26.0. The van der Waals surface area contributed by atoms with E-state index in [0.717, 1.165) is 49.8 Å². The molecule has 0 unspecified atom stereocenters. The van der Waals surface area contributed by atoms with E-state index < -0.39 is 21.2 Å². The van der Waals surface area contributed by atoms with Gasteiger partial charge in [0.25, 0.3) is 0 Å². The molecule has 44 heavy (non-hydrogen) atoms. The van der Waals surface area contributed by atoms with Crippen LogP contribution in [0.2, 0.25) is 0 Å². The third kappa shape index (κ3) is 4.48. The molecule has 0 bridgehead atoms. The predicted molar refractivity (Wildman–Crippen MR) is 180 cm³/mol. The van der Waals surface area contributed by atoms with Crippen LogP contribution in [-0.2, 0) is 0 Å². The molecular formula is C39H28IN4-. The van der Waals surface area contributed by atoms with Crippen molar-refractivity contribution in [2.75, 3.05) is 0 Å². The number of benzene rings is 6. The number of fused-ring (bicyclic) bond motifs is 7. The van der Waals surface area contributed by atoms with Crippen LogP contribution < -0.4 is 26.9 Å². The number of aliphatic imine (C=N–C) groups is 1. The normalized spacial score (nSPS) is 12.6. The van der Waals surface area contributed by atoms with Crippen LogP contribution in [0.4, 0.5) is 0 Å². The van der Waals surface area contributed by atoms with Crippen molar-refractivity contribution in [2.24, 2.45) is 10.7 Å². The van der Waals surface area contributed by atoms with Gasteiger partial charge >= 0.3 is 267 Å².